The summed E-state index contributed by atoms with van der Waals surface area (Å²) < 4.78 is 18.2. The van der Waals surface area contributed by atoms with Crippen LogP contribution in [-0.4, -0.2) is 41.7 Å². The zero-order valence-corrected chi connectivity index (χ0v) is 19.2. The summed E-state index contributed by atoms with van der Waals surface area (Å²) in [4.78, 5) is 54.2. The van der Waals surface area contributed by atoms with Gasteiger partial charge in [0.2, 0.25) is 5.91 Å². The van der Waals surface area contributed by atoms with Gasteiger partial charge in [-0.1, -0.05) is 30.3 Å². The largest absolute Gasteiger partial charge is 0.465 e. The van der Waals surface area contributed by atoms with E-state index < -0.39 is 41.6 Å². The van der Waals surface area contributed by atoms with Crippen molar-refractivity contribution in [1.29, 1.82) is 0 Å². The average molecular weight is 474 g/mol. The van der Waals surface area contributed by atoms with Crippen molar-refractivity contribution >= 4 is 29.4 Å². The third kappa shape index (κ3) is 4.68. The highest BCUT2D eigenvalue weighted by Crippen LogP contribution is 2.32. The lowest BCUT2D eigenvalue weighted by molar-refractivity contribution is -0.122. The number of rotatable bonds is 6. The number of imide groups is 1. The molecule has 2 unspecified atom stereocenters. The maximum Gasteiger partial charge on any atom is 0.337 e. The van der Waals surface area contributed by atoms with E-state index in [4.69, 9.17) is 0 Å². The van der Waals surface area contributed by atoms with E-state index in [1.807, 2.05) is 30.3 Å². The number of anilines is 1. The summed E-state index contributed by atoms with van der Waals surface area (Å²) in [5.74, 6) is -2.54. The van der Waals surface area contributed by atoms with Crippen molar-refractivity contribution in [2.45, 2.75) is 25.4 Å². The van der Waals surface area contributed by atoms with E-state index in [1.165, 1.54) is 60.5 Å². The zero-order chi connectivity index (χ0) is 25.1. The first-order valence-corrected chi connectivity index (χ1v) is 11.0. The lowest BCUT2D eigenvalue weighted by atomic mass is 10.0. The molecule has 178 valence electrons. The maximum atomic E-state index is 13.6. The Morgan fingerprint density at radius 2 is 1.54 bits per heavy atom. The molecule has 3 aromatic rings. The van der Waals surface area contributed by atoms with Gasteiger partial charge in [-0.05, 0) is 61.0 Å². The molecular weight excluding hydrogens is 451 g/mol. The molecule has 1 aliphatic heterocycles. The zero-order valence-electron chi connectivity index (χ0n) is 19.2. The lowest BCUT2D eigenvalue weighted by Gasteiger charge is -2.33. The quantitative estimate of drug-likeness (QED) is 0.396. The van der Waals surface area contributed by atoms with Crippen LogP contribution < -0.4 is 4.90 Å². The van der Waals surface area contributed by atoms with Crippen LogP contribution >= 0.6 is 0 Å². The van der Waals surface area contributed by atoms with Crippen LogP contribution in [0.15, 0.2) is 78.9 Å². The Labute approximate surface area is 201 Å². The fourth-order valence-electron chi connectivity index (χ4n) is 4.19. The van der Waals surface area contributed by atoms with E-state index in [9.17, 15) is 23.6 Å². The van der Waals surface area contributed by atoms with Crippen LogP contribution in [0.1, 0.15) is 45.7 Å². The number of hydrogen-bond donors (Lipinski definition) is 0. The Morgan fingerprint density at radius 1 is 0.943 bits per heavy atom. The van der Waals surface area contributed by atoms with Crippen LogP contribution in [0, 0.1) is 5.82 Å². The van der Waals surface area contributed by atoms with Crippen molar-refractivity contribution < 1.29 is 28.3 Å². The predicted octanol–water partition coefficient (Wildman–Crippen LogP) is 4.15. The second kappa shape index (κ2) is 9.89. The predicted molar refractivity (Wildman–Crippen MR) is 126 cm³/mol. The maximum absolute atomic E-state index is 13.6. The third-order valence-electron chi connectivity index (χ3n) is 6.03. The first kappa shape index (κ1) is 23.8. The molecule has 8 heteroatoms. The van der Waals surface area contributed by atoms with Crippen LogP contribution in [-0.2, 0) is 14.3 Å². The standard InChI is InChI=1S/C27H23FN2O5/c1-17(18-6-4-3-5-7-18)29(25(32)19-8-12-21(28)13-9-19)23-16-24(31)30(26(23)33)22-14-10-20(11-15-22)27(34)35-2/h3-15,17,23H,16H2,1-2H3. The van der Waals surface area contributed by atoms with E-state index in [-0.39, 0.29) is 23.2 Å². The average Bonchev–Trinajstić information content (AvgIpc) is 3.17. The van der Waals surface area contributed by atoms with Gasteiger partial charge in [-0.2, -0.15) is 0 Å². The van der Waals surface area contributed by atoms with Gasteiger partial charge in [0.25, 0.3) is 11.8 Å². The highest BCUT2D eigenvalue weighted by molar-refractivity contribution is 6.23. The van der Waals surface area contributed by atoms with E-state index in [0.29, 0.717) is 0 Å². The fraction of sp³-hybridized carbons (Fsp3) is 0.185. The van der Waals surface area contributed by atoms with Gasteiger partial charge in [0, 0.05) is 5.56 Å². The van der Waals surface area contributed by atoms with Crippen molar-refractivity contribution in [2.75, 3.05) is 12.0 Å². The van der Waals surface area contributed by atoms with Crippen molar-refractivity contribution in [3.05, 3.63) is 101 Å². The number of nitrogens with zero attached hydrogens (tertiary/aromatic N) is 2. The van der Waals surface area contributed by atoms with E-state index >= 15 is 0 Å². The van der Waals surface area contributed by atoms with Crippen LogP contribution in [0.4, 0.5) is 10.1 Å². The Hall–Kier alpha value is -4.33. The van der Waals surface area contributed by atoms with Crippen LogP contribution in [0.5, 0.6) is 0 Å². The normalized spacial score (nSPS) is 16.2. The first-order valence-electron chi connectivity index (χ1n) is 11.0. The van der Waals surface area contributed by atoms with E-state index in [0.717, 1.165) is 10.5 Å². The second-order valence-electron chi connectivity index (χ2n) is 8.13. The van der Waals surface area contributed by atoms with Gasteiger partial charge in [-0.3, -0.25) is 14.4 Å². The number of methoxy groups -OCH3 is 1. The molecule has 35 heavy (non-hydrogen) atoms. The van der Waals surface area contributed by atoms with Crippen LogP contribution in [0.2, 0.25) is 0 Å². The summed E-state index contributed by atoms with van der Waals surface area (Å²) in [5.41, 5.74) is 1.55. The molecule has 3 amide bonds. The van der Waals surface area contributed by atoms with Crippen molar-refractivity contribution in [1.82, 2.24) is 4.90 Å². The summed E-state index contributed by atoms with van der Waals surface area (Å²) in [6.45, 7) is 1.78. The Balaban J connectivity index is 1.69. The highest BCUT2D eigenvalue weighted by atomic mass is 19.1. The van der Waals surface area contributed by atoms with Gasteiger partial charge in [0.15, 0.2) is 0 Å². The van der Waals surface area contributed by atoms with Crippen molar-refractivity contribution in [3.63, 3.8) is 0 Å². The molecule has 4 rings (SSSR count). The lowest BCUT2D eigenvalue weighted by Crippen LogP contribution is -2.46. The van der Waals surface area contributed by atoms with E-state index in [2.05, 4.69) is 4.74 Å². The number of halogens is 1. The summed E-state index contributed by atoms with van der Waals surface area (Å²) in [6, 6.07) is 18.5. The van der Waals surface area contributed by atoms with Gasteiger partial charge < -0.3 is 9.64 Å². The molecule has 1 fully saturated rings. The monoisotopic (exact) mass is 474 g/mol. The van der Waals surface area contributed by atoms with Gasteiger partial charge in [0.1, 0.15) is 11.9 Å². The topological polar surface area (TPSA) is 84.0 Å². The second-order valence-corrected chi connectivity index (χ2v) is 8.13. The molecule has 0 radical (unpaired) electrons. The summed E-state index contributed by atoms with van der Waals surface area (Å²) in [5, 5.41) is 0. The number of carbonyl (C=O) groups excluding carboxylic acids is 4. The molecular formula is C27H23FN2O5. The number of ether oxygens (including phenoxy) is 1. The molecule has 1 heterocycles. The van der Waals surface area contributed by atoms with Gasteiger partial charge in [-0.25, -0.2) is 14.1 Å². The number of benzene rings is 3. The molecule has 1 saturated heterocycles. The molecule has 0 aliphatic carbocycles. The number of esters is 1. The fourth-order valence-corrected chi connectivity index (χ4v) is 4.19. The Morgan fingerprint density at radius 3 is 2.14 bits per heavy atom. The molecule has 0 bridgehead atoms. The van der Waals surface area contributed by atoms with Crippen LogP contribution in [0.25, 0.3) is 0 Å². The number of carbonyl (C=O) groups is 4. The smallest absolute Gasteiger partial charge is 0.337 e. The molecule has 1 aliphatic rings. The molecule has 0 N–H and O–H groups in total. The minimum absolute atomic E-state index is 0.204. The summed E-state index contributed by atoms with van der Waals surface area (Å²) >= 11 is 0. The van der Waals surface area contributed by atoms with Gasteiger partial charge in [0.05, 0.1) is 30.8 Å². The third-order valence-corrected chi connectivity index (χ3v) is 6.03. The van der Waals surface area contributed by atoms with Crippen LogP contribution in [0.3, 0.4) is 0 Å². The molecule has 0 saturated carbocycles. The van der Waals surface area contributed by atoms with Gasteiger partial charge >= 0.3 is 5.97 Å². The summed E-state index contributed by atoms with van der Waals surface area (Å²) in [6.07, 6.45) is -0.207. The van der Waals surface area contributed by atoms with E-state index in [1.54, 1.807) is 6.92 Å². The minimum atomic E-state index is -1.06. The van der Waals surface area contributed by atoms with Crippen molar-refractivity contribution in [2.24, 2.45) is 0 Å². The Kier molecular flexibility index (Phi) is 6.73. The highest BCUT2D eigenvalue weighted by Gasteiger charge is 2.46. The van der Waals surface area contributed by atoms with Gasteiger partial charge in [-0.15, -0.1) is 0 Å². The first-order chi connectivity index (χ1) is 16.8. The number of hydrogen-bond acceptors (Lipinski definition) is 5. The Bertz CT molecular complexity index is 1260. The molecule has 0 spiro atoms. The molecule has 0 aromatic heterocycles. The molecule has 2 atom stereocenters. The molecule has 3 aromatic carbocycles. The number of amides is 3. The summed E-state index contributed by atoms with van der Waals surface area (Å²) in [7, 11) is 1.26. The minimum Gasteiger partial charge on any atom is -0.465 e. The molecule has 7 nitrogen and oxygen atoms in total. The SMILES string of the molecule is COC(=O)c1ccc(N2C(=O)CC(N(C(=O)c3ccc(F)cc3)C(C)c3ccccc3)C2=O)cc1. The van der Waals surface area contributed by atoms with Crippen molar-refractivity contribution in [3.8, 4) is 0 Å².